The van der Waals surface area contributed by atoms with Gasteiger partial charge in [-0.1, -0.05) is 18.2 Å². The summed E-state index contributed by atoms with van der Waals surface area (Å²) in [5.41, 5.74) is 0. The fourth-order valence-corrected chi connectivity index (χ4v) is 3.63. The number of carbonyl (C=O) groups excluding carboxylic acids is 1. The lowest BCUT2D eigenvalue weighted by Crippen LogP contribution is -2.47. The lowest BCUT2D eigenvalue weighted by molar-refractivity contribution is -0.149. The minimum absolute atomic E-state index is 0.0536. The van der Waals surface area contributed by atoms with Crippen LogP contribution in [0.5, 0.6) is 0 Å². The molecule has 1 atom stereocenters. The van der Waals surface area contributed by atoms with Gasteiger partial charge < -0.3 is 15.0 Å². The topological polar surface area (TPSA) is 41.6 Å². The van der Waals surface area contributed by atoms with Crippen LogP contribution in [0.1, 0.15) is 19.8 Å². The molecule has 1 N–H and O–H groups in total. The highest BCUT2D eigenvalue weighted by Crippen LogP contribution is 2.18. The number of ether oxygens (including phenoxy) is 1. The Kier molecular flexibility index (Phi) is 7.68. The maximum Gasteiger partial charge on any atom is 0.310 e. The summed E-state index contributed by atoms with van der Waals surface area (Å²) >= 11 is 7.27. The first kappa shape index (κ1) is 18.1. The van der Waals surface area contributed by atoms with E-state index in [1.165, 1.54) is 4.90 Å². The zero-order valence-electron chi connectivity index (χ0n) is 13.5. The van der Waals surface area contributed by atoms with Crippen molar-refractivity contribution in [2.45, 2.75) is 24.7 Å². The highest BCUT2D eigenvalue weighted by Gasteiger charge is 2.27. The summed E-state index contributed by atoms with van der Waals surface area (Å²) in [4.78, 5) is 15.2. The Bertz CT molecular complexity index is 511. The maximum absolute atomic E-state index is 11.9. The fraction of sp³-hybridized carbons (Fsp3) is 0.529. The van der Waals surface area contributed by atoms with E-state index in [4.69, 9.17) is 17.0 Å². The van der Waals surface area contributed by atoms with E-state index in [1.807, 2.05) is 25.1 Å². The molecule has 1 aliphatic heterocycles. The van der Waals surface area contributed by atoms with E-state index in [2.05, 4.69) is 22.3 Å². The number of nitrogens with one attached hydrogen (secondary N) is 1. The Hall–Kier alpha value is -1.27. The number of thiocarbonyl (C=S) groups is 1. The summed E-state index contributed by atoms with van der Waals surface area (Å²) in [6.45, 7) is 4.67. The average molecular weight is 353 g/mol. The van der Waals surface area contributed by atoms with E-state index in [0.717, 1.165) is 36.8 Å². The van der Waals surface area contributed by atoms with Gasteiger partial charge in [0.05, 0.1) is 12.5 Å². The quantitative estimate of drug-likeness (QED) is 0.367. The molecular formula is C17H24N2O2S2. The molecule has 2 rings (SSSR count). The number of nitrogens with zero attached hydrogens (tertiary/aromatic N) is 1. The molecule has 0 radical (unpaired) electrons. The smallest absolute Gasteiger partial charge is 0.310 e. The molecule has 0 aromatic heterocycles. The van der Waals surface area contributed by atoms with Gasteiger partial charge in [0.15, 0.2) is 5.11 Å². The van der Waals surface area contributed by atoms with Crippen LogP contribution in [-0.4, -0.2) is 48.0 Å². The van der Waals surface area contributed by atoms with Crippen molar-refractivity contribution in [1.82, 2.24) is 10.2 Å². The predicted molar refractivity (Wildman–Crippen MR) is 98.7 cm³/mol. The standard InChI is InChI=1S/C17H24N2O2S2/c1-2-21-16(20)14-7-6-11-19(13-14)17(22)18-10-12-23-15-8-4-3-5-9-15/h3-5,8-9,14H,2,6-7,10-13H2,1H3,(H,18,22). The molecular weight excluding hydrogens is 328 g/mol. The molecule has 23 heavy (non-hydrogen) atoms. The Morgan fingerprint density at radius 1 is 1.43 bits per heavy atom. The third kappa shape index (κ3) is 6.03. The molecule has 1 aromatic rings. The van der Waals surface area contributed by atoms with Gasteiger partial charge in [0.2, 0.25) is 0 Å². The minimum atomic E-state index is -0.0976. The summed E-state index contributed by atoms with van der Waals surface area (Å²) in [5, 5.41) is 4.04. The van der Waals surface area contributed by atoms with E-state index < -0.39 is 0 Å². The number of benzene rings is 1. The van der Waals surface area contributed by atoms with Crippen LogP contribution in [0.15, 0.2) is 35.2 Å². The monoisotopic (exact) mass is 352 g/mol. The van der Waals surface area contributed by atoms with E-state index in [1.54, 1.807) is 11.8 Å². The number of hydrogen-bond acceptors (Lipinski definition) is 4. The third-order valence-corrected chi connectivity index (χ3v) is 5.14. The van der Waals surface area contributed by atoms with Crippen molar-refractivity contribution in [2.24, 2.45) is 5.92 Å². The second-order valence-corrected chi connectivity index (χ2v) is 6.99. The molecule has 1 fully saturated rings. The minimum Gasteiger partial charge on any atom is -0.466 e. The van der Waals surface area contributed by atoms with Crippen molar-refractivity contribution >= 4 is 35.1 Å². The second kappa shape index (κ2) is 9.78. The fourth-order valence-electron chi connectivity index (χ4n) is 2.57. The molecule has 4 nitrogen and oxygen atoms in total. The maximum atomic E-state index is 11.9. The van der Waals surface area contributed by atoms with Crippen LogP contribution < -0.4 is 5.32 Å². The first-order valence-electron chi connectivity index (χ1n) is 8.08. The van der Waals surface area contributed by atoms with Crippen LogP contribution in [-0.2, 0) is 9.53 Å². The Balaban J connectivity index is 1.69. The van der Waals surface area contributed by atoms with Crippen LogP contribution in [0.3, 0.4) is 0 Å². The number of likely N-dealkylation sites (tertiary alicyclic amines) is 1. The summed E-state index contributed by atoms with van der Waals surface area (Å²) in [5.74, 6) is 0.807. The van der Waals surface area contributed by atoms with Crippen LogP contribution in [0, 0.1) is 5.92 Å². The van der Waals surface area contributed by atoms with Crippen LogP contribution >= 0.6 is 24.0 Å². The summed E-state index contributed by atoms with van der Waals surface area (Å²) in [7, 11) is 0. The van der Waals surface area contributed by atoms with E-state index >= 15 is 0 Å². The summed E-state index contributed by atoms with van der Waals surface area (Å²) in [6.07, 6.45) is 1.87. The first-order chi connectivity index (χ1) is 11.2. The molecule has 0 spiro atoms. The zero-order chi connectivity index (χ0) is 16.5. The van der Waals surface area contributed by atoms with Crippen LogP contribution in [0.2, 0.25) is 0 Å². The SMILES string of the molecule is CCOC(=O)C1CCCN(C(=S)NCCSc2ccccc2)C1. The van der Waals surface area contributed by atoms with Gasteiger partial charge in [-0.15, -0.1) is 11.8 Å². The molecule has 1 saturated heterocycles. The molecule has 0 bridgehead atoms. The largest absolute Gasteiger partial charge is 0.466 e. The van der Waals surface area contributed by atoms with Gasteiger partial charge in [-0.05, 0) is 44.1 Å². The molecule has 0 amide bonds. The highest BCUT2D eigenvalue weighted by molar-refractivity contribution is 7.99. The third-order valence-electron chi connectivity index (χ3n) is 3.72. The molecule has 6 heteroatoms. The summed E-state index contributed by atoms with van der Waals surface area (Å²) in [6, 6.07) is 10.3. The van der Waals surface area contributed by atoms with Gasteiger partial charge in [0.25, 0.3) is 0 Å². The van der Waals surface area contributed by atoms with E-state index in [-0.39, 0.29) is 11.9 Å². The second-order valence-electron chi connectivity index (χ2n) is 5.43. The number of esters is 1. The highest BCUT2D eigenvalue weighted by atomic mass is 32.2. The van der Waals surface area contributed by atoms with Crippen LogP contribution in [0.25, 0.3) is 0 Å². The number of carbonyl (C=O) groups is 1. The lowest BCUT2D eigenvalue weighted by Gasteiger charge is -2.33. The summed E-state index contributed by atoms with van der Waals surface area (Å²) < 4.78 is 5.12. The van der Waals surface area contributed by atoms with Crippen molar-refractivity contribution in [2.75, 3.05) is 32.0 Å². The molecule has 1 aliphatic rings. The zero-order valence-corrected chi connectivity index (χ0v) is 15.1. The van der Waals surface area contributed by atoms with Gasteiger partial charge in [0.1, 0.15) is 0 Å². The van der Waals surface area contributed by atoms with Crippen molar-refractivity contribution in [3.63, 3.8) is 0 Å². The molecule has 126 valence electrons. The van der Waals surface area contributed by atoms with Crippen molar-refractivity contribution in [3.8, 4) is 0 Å². The van der Waals surface area contributed by atoms with E-state index in [9.17, 15) is 4.79 Å². The Morgan fingerprint density at radius 2 is 2.22 bits per heavy atom. The van der Waals surface area contributed by atoms with Gasteiger partial charge in [0, 0.05) is 30.3 Å². The molecule has 0 saturated carbocycles. The van der Waals surface area contributed by atoms with Crippen molar-refractivity contribution in [1.29, 1.82) is 0 Å². The normalized spacial score (nSPS) is 17.6. The van der Waals surface area contributed by atoms with E-state index in [0.29, 0.717) is 13.2 Å². The number of piperidine rings is 1. The molecule has 1 heterocycles. The van der Waals surface area contributed by atoms with Gasteiger partial charge >= 0.3 is 5.97 Å². The van der Waals surface area contributed by atoms with Crippen LogP contribution in [0.4, 0.5) is 0 Å². The Morgan fingerprint density at radius 3 is 2.96 bits per heavy atom. The average Bonchev–Trinajstić information content (AvgIpc) is 2.60. The molecule has 1 unspecified atom stereocenters. The Labute approximate surface area is 148 Å². The van der Waals surface area contributed by atoms with Crippen molar-refractivity contribution in [3.05, 3.63) is 30.3 Å². The van der Waals surface area contributed by atoms with Gasteiger partial charge in [-0.3, -0.25) is 4.79 Å². The lowest BCUT2D eigenvalue weighted by atomic mass is 9.98. The van der Waals surface area contributed by atoms with Gasteiger partial charge in [-0.25, -0.2) is 0 Å². The first-order valence-corrected chi connectivity index (χ1v) is 9.47. The molecule has 1 aromatic carbocycles. The van der Waals surface area contributed by atoms with Gasteiger partial charge in [-0.2, -0.15) is 0 Å². The number of hydrogen-bond donors (Lipinski definition) is 1. The molecule has 0 aliphatic carbocycles. The number of rotatable bonds is 6. The predicted octanol–water partition coefficient (Wildman–Crippen LogP) is 2.93. The van der Waals surface area contributed by atoms with Crippen molar-refractivity contribution < 1.29 is 9.53 Å². The number of thioether (sulfide) groups is 1.